The Morgan fingerprint density at radius 2 is 1.83 bits per heavy atom. The summed E-state index contributed by atoms with van der Waals surface area (Å²) < 4.78 is 0. The molecule has 98 valence electrons. The molecule has 2 aliphatic rings. The highest BCUT2D eigenvalue weighted by Gasteiger charge is 2.55. The van der Waals surface area contributed by atoms with Crippen molar-refractivity contribution in [2.75, 3.05) is 7.05 Å². The lowest BCUT2D eigenvalue weighted by molar-refractivity contribution is 0.428. The molecule has 2 fully saturated rings. The van der Waals surface area contributed by atoms with Gasteiger partial charge in [-0.05, 0) is 61.8 Å². The van der Waals surface area contributed by atoms with Gasteiger partial charge in [0, 0.05) is 16.1 Å². The van der Waals surface area contributed by atoms with E-state index in [4.69, 9.17) is 23.2 Å². The molecule has 2 aliphatic carbocycles. The maximum absolute atomic E-state index is 6.26. The van der Waals surface area contributed by atoms with E-state index in [1.807, 2.05) is 18.2 Å². The topological polar surface area (TPSA) is 12.0 Å². The molecule has 0 heterocycles. The quantitative estimate of drug-likeness (QED) is 0.875. The molecule has 0 bridgehead atoms. The van der Waals surface area contributed by atoms with Gasteiger partial charge in [0.15, 0.2) is 0 Å². The van der Waals surface area contributed by atoms with E-state index in [2.05, 4.69) is 12.4 Å². The molecule has 1 nitrogen and oxygen atoms in total. The molecule has 0 radical (unpaired) electrons. The van der Waals surface area contributed by atoms with E-state index in [0.717, 1.165) is 39.8 Å². The summed E-state index contributed by atoms with van der Waals surface area (Å²) in [7, 11) is 2.06. The maximum Gasteiger partial charge on any atom is 0.0453 e. The molecule has 0 aromatic heterocycles. The Balaban J connectivity index is 1.74. The van der Waals surface area contributed by atoms with Crippen LogP contribution >= 0.6 is 23.2 Å². The lowest BCUT2D eigenvalue weighted by Gasteiger charge is -2.19. The van der Waals surface area contributed by atoms with Crippen molar-refractivity contribution in [3.05, 3.63) is 33.8 Å². The van der Waals surface area contributed by atoms with Crippen LogP contribution in [0.15, 0.2) is 18.2 Å². The summed E-state index contributed by atoms with van der Waals surface area (Å²) in [5, 5.41) is 5.08. The van der Waals surface area contributed by atoms with E-state index in [0.29, 0.717) is 6.04 Å². The first-order chi connectivity index (χ1) is 8.72. The van der Waals surface area contributed by atoms with Crippen molar-refractivity contribution in [3.8, 4) is 0 Å². The van der Waals surface area contributed by atoms with Crippen LogP contribution in [0.3, 0.4) is 0 Å². The summed E-state index contributed by atoms with van der Waals surface area (Å²) in [6.07, 6.45) is 5.22. The molecule has 0 aliphatic heterocycles. The molecule has 1 aromatic carbocycles. The fraction of sp³-hybridized carbons (Fsp3) is 0.600. The van der Waals surface area contributed by atoms with Crippen molar-refractivity contribution in [1.82, 2.24) is 5.32 Å². The summed E-state index contributed by atoms with van der Waals surface area (Å²) in [6.45, 7) is 0. The number of nitrogens with one attached hydrogen (secondary N) is 1. The minimum atomic E-state index is 0.526. The Hall–Kier alpha value is -0.240. The average molecular weight is 284 g/mol. The highest BCUT2D eigenvalue weighted by atomic mass is 35.5. The molecule has 1 N–H and O–H groups in total. The average Bonchev–Trinajstić information content (AvgIpc) is 2.83. The molecule has 3 atom stereocenters. The van der Waals surface area contributed by atoms with Gasteiger partial charge in [0.05, 0.1) is 0 Å². The van der Waals surface area contributed by atoms with Gasteiger partial charge in [-0.25, -0.2) is 0 Å². The highest BCUT2D eigenvalue weighted by Crippen LogP contribution is 2.59. The molecule has 0 spiro atoms. The van der Waals surface area contributed by atoms with Crippen LogP contribution in [0.2, 0.25) is 10.0 Å². The second kappa shape index (κ2) is 5.03. The van der Waals surface area contributed by atoms with Crippen molar-refractivity contribution in [2.24, 2.45) is 17.8 Å². The minimum Gasteiger partial charge on any atom is -0.316 e. The fourth-order valence-electron chi connectivity index (χ4n) is 3.85. The molecule has 3 rings (SSSR count). The highest BCUT2D eigenvalue weighted by molar-refractivity contribution is 6.36. The molecule has 18 heavy (non-hydrogen) atoms. The predicted octanol–water partition coefficient (Wildman–Crippen LogP) is 4.17. The number of hydrogen-bond acceptors (Lipinski definition) is 1. The van der Waals surface area contributed by atoms with Gasteiger partial charge in [0.2, 0.25) is 0 Å². The standard InChI is InChI=1S/C15H19Cl2N/c1-18-14(15-9-4-2-5-10(9)15)8-11-12(16)6-3-7-13(11)17/h3,6-7,9-10,14-15,18H,2,4-5,8H2,1H3. The zero-order valence-corrected chi connectivity index (χ0v) is 12.1. The van der Waals surface area contributed by atoms with Crippen LogP contribution in [0.5, 0.6) is 0 Å². The Morgan fingerprint density at radius 3 is 2.39 bits per heavy atom. The van der Waals surface area contributed by atoms with Crippen molar-refractivity contribution in [1.29, 1.82) is 0 Å². The number of halogens is 2. The Kier molecular flexibility index (Phi) is 3.57. The third-order valence-corrected chi connectivity index (χ3v) is 5.50. The van der Waals surface area contributed by atoms with Crippen molar-refractivity contribution < 1.29 is 0 Å². The summed E-state index contributed by atoms with van der Waals surface area (Å²) in [5.41, 5.74) is 1.10. The molecule has 3 unspecified atom stereocenters. The first-order valence-electron chi connectivity index (χ1n) is 6.82. The van der Waals surface area contributed by atoms with E-state index >= 15 is 0 Å². The summed E-state index contributed by atoms with van der Waals surface area (Å²) in [6, 6.07) is 6.30. The van der Waals surface area contributed by atoms with E-state index in [1.165, 1.54) is 19.3 Å². The van der Waals surface area contributed by atoms with Crippen LogP contribution in [0.25, 0.3) is 0 Å². The van der Waals surface area contributed by atoms with Crippen molar-refractivity contribution >= 4 is 23.2 Å². The second-order valence-electron chi connectivity index (χ2n) is 5.64. The molecule has 3 heteroatoms. The van der Waals surface area contributed by atoms with Crippen LogP contribution in [-0.4, -0.2) is 13.1 Å². The van der Waals surface area contributed by atoms with Gasteiger partial charge in [-0.1, -0.05) is 35.7 Å². The second-order valence-corrected chi connectivity index (χ2v) is 6.45. The first-order valence-corrected chi connectivity index (χ1v) is 7.58. The van der Waals surface area contributed by atoms with Crippen LogP contribution < -0.4 is 5.32 Å². The van der Waals surface area contributed by atoms with E-state index < -0.39 is 0 Å². The van der Waals surface area contributed by atoms with Crippen LogP contribution in [0.1, 0.15) is 24.8 Å². The van der Waals surface area contributed by atoms with Gasteiger partial charge in [-0.2, -0.15) is 0 Å². The number of rotatable bonds is 4. The summed E-state index contributed by atoms with van der Waals surface area (Å²) >= 11 is 12.5. The van der Waals surface area contributed by atoms with E-state index in [1.54, 1.807) is 0 Å². The van der Waals surface area contributed by atoms with Gasteiger partial charge in [0.1, 0.15) is 0 Å². The van der Waals surface area contributed by atoms with Gasteiger partial charge >= 0.3 is 0 Å². The smallest absolute Gasteiger partial charge is 0.0453 e. The molecule has 1 aromatic rings. The normalized spacial score (nSPS) is 31.2. The first kappa shape index (κ1) is 12.8. The number of hydrogen-bond donors (Lipinski definition) is 1. The van der Waals surface area contributed by atoms with Crippen LogP contribution in [0, 0.1) is 17.8 Å². The van der Waals surface area contributed by atoms with Crippen molar-refractivity contribution in [3.63, 3.8) is 0 Å². The molecular formula is C15H19Cl2N. The Bertz CT molecular complexity index is 416. The third kappa shape index (κ3) is 2.17. The molecule has 0 amide bonds. The zero-order chi connectivity index (χ0) is 12.7. The van der Waals surface area contributed by atoms with Gasteiger partial charge in [-0.3, -0.25) is 0 Å². The number of fused-ring (bicyclic) bond motifs is 1. The maximum atomic E-state index is 6.26. The fourth-order valence-corrected chi connectivity index (χ4v) is 4.40. The Morgan fingerprint density at radius 1 is 1.22 bits per heavy atom. The molecule has 0 saturated heterocycles. The van der Waals surface area contributed by atoms with E-state index in [9.17, 15) is 0 Å². The largest absolute Gasteiger partial charge is 0.316 e. The monoisotopic (exact) mass is 283 g/mol. The van der Waals surface area contributed by atoms with E-state index in [-0.39, 0.29) is 0 Å². The van der Waals surface area contributed by atoms with Gasteiger partial charge in [0.25, 0.3) is 0 Å². The zero-order valence-electron chi connectivity index (χ0n) is 10.6. The van der Waals surface area contributed by atoms with Crippen LogP contribution in [0.4, 0.5) is 0 Å². The lowest BCUT2D eigenvalue weighted by Crippen LogP contribution is -2.31. The molecule has 2 saturated carbocycles. The third-order valence-electron chi connectivity index (χ3n) is 4.79. The lowest BCUT2D eigenvalue weighted by atomic mass is 9.97. The SMILES string of the molecule is CNC(Cc1c(Cl)cccc1Cl)C1C2CCCC21. The van der Waals surface area contributed by atoms with Gasteiger partial charge < -0.3 is 5.32 Å². The predicted molar refractivity (Wildman–Crippen MR) is 77.3 cm³/mol. The molecular weight excluding hydrogens is 265 g/mol. The van der Waals surface area contributed by atoms with Crippen LogP contribution in [-0.2, 0) is 6.42 Å². The van der Waals surface area contributed by atoms with Crippen molar-refractivity contribution in [2.45, 2.75) is 31.7 Å². The van der Waals surface area contributed by atoms with Gasteiger partial charge in [-0.15, -0.1) is 0 Å². The number of likely N-dealkylation sites (N-methyl/N-ethyl adjacent to an activating group) is 1. The Labute approximate surface area is 119 Å². The summed E-state index contributed by atoms with van der Waals surface area (Å²) in [5.74, 6) is 2.77. The number of benzene rings is 1. The summed E-state index contributed by atoms with van der Waals surface area (Å²) in [4.78, 5) is 0. The minimum absolute atomic E-state index is 0.526.